The van der Waals surface area contributed by atoms with E-state index in [1.54, 1.807) is 0 Å². The third-order valence-corrected chi connectivity index (χ3v) is 0.912. The number of rotatable bonds is 1. The van der Waals surface area contributed by atoms with Crippen molar-refractivity contribution in [1.29, 1.82) is 0 Å². The molecule has 1 atom stereocenters. The van der Waals surface area contributed by atoms with Crippen molar-refractivity contribution < 1.29 is 13.2 Å². The van der Waals surface area contributed by atoms with E-state index in [0.717, 1.165) is 6.92 Å². The molecule has 2 N–H and O–H groups in total. The van der Waals surface area contributed by atoms with E-state index in [2.05, 4.69) is 0 Å². The summed E-state index contributed by atoms with van der Waals surface area (Å²) in [5.41, 5.74) is 4.74. The molecule has 0 aromatic carbocycles. The third-order valence-electron chi connectivity index (χ3n) is 0.912. The number of hydrogen-bond acceptors (Lipinski definition) is 1. The van der Waals surface area contributed by atoms with Crippen molar-refractivity contribution in [1.82, 2.24) is 0 Å². The Hall–Kier alpha value is -0.250. The van der Waals surface area contributed by atoms with Gasteiger partial charge in [-0.15, -0.1) is 0 Å². The first-order chi connectivity index (χ1) is 3.48. The highest BCUT2D eigenvalue weighted by atomic mass is 19.4. The molecule has 0 heterocycles. The van der Waals surface area contributed by atoms with Gasteiger partial charge in [0.2, 0.25) is 0 Å². The lowest BCUT2D eigenvalue weighted by Gasteiger charge is -2.11. The number of alkyl halides is 3. The fraction of sp³-hybridized carbons (Fsp3) is 1.00. The van der Waals surface area contributed by atoms with Crippen molar-refractivity contribution in [3.8, 4) is 0 Å². The quantitative estimate of drug-likeness (QED) is 0.561. The Morgan fingerprint density at radius 2 is 1.88 bits per heavy atom. The number of hydrogen-bond donors (Lipinski definition) is 1. The molecule has 4 heteroatoms. The molecular formula is C4H8F3N. The van der Waals surface area contributed by atoms with E-state index in [1.807, 2.05) is 0 Å². The molecule has 0 fully saturated rings. The van der Waals surface area contributed by atoms with Gasteiger partial charge >= 0.3 is 6.18 Å². The molecule has 0 spiro atoms. The summed E-state index contributed by atoms with van der Waals surface area (Å²) in [7, 11) is 0. The molecule has 0 rings (SSSR count). The Kier molecular flexibility index (Phi) is 2.27. The summed E-state index contributed by atoms with van der Waals surface area (Å²) in [4.78, 5) is 0. The van der Waals surface area contributed by atoms with Gasteiger partial charge in [-0.2, -0.15) is 13.2 Å². The van der Waals surface area contributed by atoms with E-state index in [0.29, 0.717) is 0 Å². The lowest BCUT2D eigenvalue weighted by atomic mass is 10.2. The molecule has 0 aromatic rings. The number of halogens is 3. The Morgan fingerprint density at radius 1 is 1.50 bits per heavy atom. The molecule has 8 heavy (non-hydrogen) atoms. The maximum absolute atomic E-state index is 11.4. The van der Waals surface area contributed by atoms with Crippen molar-refractivity contribution in [2.45, 2.75) is 13.1 Å². The smallest absolute Gasteiger partial charge is 0.330 e. The van der Waals surface area contributed by atoms with Crippen LogP contribution in [0.15, 0.2) is 0 Å². The maximum atomic E-state index is 11.4. The first-order valence-corrected chi connectivity index (χ1v) is 2.25. The van der Waals surface area contributed by atoms with Gasteiger partial charge in [-0.05, 0) is 0 Å². The van der Waals surface area contributed by atoms with Crippen LogP contribution in [0, 0.1) is 5.92 Å². The molecule has 0 saturated heterocycles. The summed E-state index contributed by atoms with van der Waals surface area (Å²) in [5.74, 6) is -1.37. The second-order valence-electron chi connectivity index (χ2n) is 1.68. The lowest BCUT2D eigenvalue weighted by Crippen LogP contribution is -2.27. The summed E-state index contributed by atoms with van der Waals surface area (Å²) in [6.45, 7) is 0.726. The minimum atomic E-state index is -4.12. The molecule has 50 valence electrons. The van der Waals surface area contributed by atoms with Crippen LogP contribution in [-0.2, 0) is 0 Å². The predicted molar refractivity (Wildman–Crippen MR) is 24.3 cm³/mol. The average molecular weight is 127 g/mol. The van der Waals surface area contributed by atoms with Crippen molar-refractivity contribution in [3.05, 3.63) is 0 Å². The Labute approximate surface area is 45.7 Å². The van der Waals surface area contributed by atoms with Crippen LogP contribution in [-0.4, -0.2) is 12.7 Å². The van der Waals surface area contributed by atoms with E-state index in [-0.39, 0.29) is 6.54 Å². The highest BCUT2D eigenvalue weighted by molar-refractivity contribution is 4.60. The Bertz CT molecular complexity index is 68.2. The second kappa shape index (κ2) is 2.35. The monoisotopic (exact) mass is 127 g/mol. The van der Waals surface area contributed by atoms with Crippen molar-refractivity contribution >= 4 is 0 Å². The van der Waals surface area contributed by atoms with E-state index in [1.165, 1.54) is 0 Å². The molecule has 0 bridgehead atoms. The molecule has 0 unspecified atom stereocenters. The van der Waals surface area contributed by atoms with Gasteiger partial charge in [0.25, 0.3) is 0 Å². The van der Waals surface area contributed by atoms with E-state index >= 15 is 0 Å². The van der Waals surface area contributed by atoms with Crippen LogP contribution in [0.4, 0.5) is 13.2 Å². The van der Waals surface area contributed by atoms with Crippen LogP contribution in [0.25, 0.3) is 0 Å². The minimum absolute atomic E-state index is 0.330. The van der Waals surface area contributed by atoms with Gasteiger partial charge in [0, 0.05) is 6.54 Å². The predicted octanol–water partition coefficient (Wildman–Crippen LogP) is 1.14. The minimum Gasteiger partial charge on any atom is -0.330 e. The maximum Gasteiger partial charge on any atom is 0.392 e. The van der Waals surface area contributed by atoms with Crippen molar-refractivity contribution in [2.75, 3.05) is 6.54 Å². The summed E-state index contributed by atoms with van der Waals surface area (Å²) >= 11 is 0. The average Bonchev–Trinajstić information content (AvgIpc) is 1.62. The van der Waals surface area contributed by atoms with Gasteiger partial charge in [-0.25, -0.2) is 0 Å². The zero-order valence-electron chi connectivity index (χ0n) is 4.50. The molecule has 0 aliphatic heterocycles. The molecule has 0 radical (unpaired) electrons. The van der Waals surface area contributed by atoms with Gasteiger partial charge in [0.05, 0.1) is 5.92 Å². The molecule has 0 amide bonds. The zero-order valence-corrected chi connectivity index (χ0v) is 4.50. The van der Waals surface area contributed by atoms with Gasteiger partial charge in [0.15, 0.2) is 0 Å². The van der Waals surface area contributed by atoms with E-state index in [9.17, 15) is 13.2 Å². The number of nitrogens with two attached hydrogens (primary N) is 1. The molecule has 0 aliphatic carbocycles. The molecule has 1 nitrogen and oxygen atoms in total. The Balaban J connectivity index is 3.62. The molecular weight excluding hydrogens is 119 g/mol. The van der Waals surface area contributed by atoms with Crippen molar-refractivity contribution in [2.24, 2.45) is 11.7 Å². The topological polar surface area (TPSA) is 26.0 Å². The summed E-state index contributed by atoms with van der Waals surface area (Å²) < 4.78 is 34.1. The largest absolute Gasteiger partial charge is 0.392 e. The van der Waals surface area contributed by atoms with Gasteiger partial charge in [-0.1, -0.05) is 6.92 Å². The highest BCUT2D eigenvalue weighted by Crippen LogP contribution is 2.23. The normalized spacial score (nSPS) is 16.1. The zero-order chi connectivity index (χ0) is 6.78. The van der Waals surface area contributed by atoms with Crippen LogP contribution in [0.1, 0.15) is 6.92 Å². The van der Waals surface area contributed by atoms with E-state index < -0.39 is 12.1 Å². The van der Waals surface area contributed by atoms with Crippen LogP contribution in [0.2, 0.25) is 0 Å². The second-order valence-corrected chi connectivity index (χ2v) is 1.68. The SMILES string of the molecule is C[C@H](CN)C(F)(F)F. The standard InChI is InChI=1S/C4H8F3N/c1-3(2-8)4(5,6)7/h3H,2,8H2,1H3/t3-/m1/s1. The summed E-state index contributed by atoms with van der Waals surface area (Å²) in [5, 5.41) is 0. The van der Waals surface area contributed by atoms with E-state index in [4.69, 9.17) is 5.73 Å². The molecule has 0 aromatic heterocycles. The fourth-order valence-corrected chi connectivity index (χ4v) is 0.134. The first kappa shape index (κ1) is 7.75. The van der Waals surface area contributed by atoms with Gasteiger partial charge in [-0.3, -0.25) is 0 Å². The molecule has 0 saturated carbocycles. The lowest BCUT2D eigenvalue weighted by molar-refractivity contribution is -0.166. The van der Waals surface area contributed by atoms with Crippen LogP contribution in [0.3, 0.4) is 0 Å². The van der Waals surface area contributed by atoms with Crippen LogP contribution >= 0.6 is 0 Å². The van der Waals surface area contributed by atoms with Crippen LogP contribution in [0.5, 0.6) is 0 Å². The third kappa shape index (κ3) is 2.16. The van der Waals surface area contributed by atoms with Crippen molar-refractivity contribution in [3.63, 3.8) is 0 Å². The first-order valence-electron chi connectivity index (χ1n) is 2.25. The highest BCUT2D eigenvalue weighted by Gasteiger charge is 2.34. The molecule has 0 aliphatic rings. The fourth-order valence-electron chi connectivity index (χ4n) is 0.134. The van der Waals surface area contributed by atoms with Crippen LogP contribution < -0.4 is 5.73 Å². The Morgan fingerprint density at radius 3 is 1.88 bits per heavy atom. The summed E-state index contributed by atoms with van der Waals surface area (Å²) in [6.07, 6.45) is -4.12. The summed E-state index contributed by atoms with van der Waals surface area (Å²) in [6, 6.07) is 0. The van der Waals surface area contributed by atoms with Gasteiger partial charge < -0.3 is 5.73 Å². The van der Waals surface area contributed by atoms with Gasteiger partial charge in [0.1, 0.15) is 0 Å².